The lowest BCUT2D eigenvalue weighted by atomic mass is 10.2. The molecule has 5 rings (SSSR count). The zero-order chi connectivity index (χ0) is 21.9. The lowest BCUT2D eigenvalue weighted by molar-refractivity contribution is -0.113. The molecule has 1 saturated heterocycles. The van der Waals surface area contributed by atoms with E-state index in [0.29, 0.717) is 5.13 Å². The van der Waals surface area contributed by atoms with Crippen LogP contribution in [0.1, 0.15) is 0 Å². The second-order valence-corrected chi connectivity index (χ2v) is 10.3. The molecule has 164 valence electrons. The molecule has 0 bridgehead atoms. The van der Waals surface area contributed by atoms with Crippen LogP contribution in [0.5, 0.6) is 0 Å². The number of rotatable bonds is 6. The summed E-state index contributed by atoms with van der Waals surface area (Å²) in [5.74, 6) is -0.0816. The Morgan fingerprint density at radius 1 is 1.00 bits per heavy atom. The van der Waals surface area contributed by atoms with Crippen LogP contribution in [0.15, 0.2) is 52.9 Å². The molecule has 7 nitrogen and oxygen atoms in total. The topological polar surface area (TPSA) is 74.2 Å². The fourth-order valence-corrected chi connectivity index (χ4v) is 5.98. The molecule has 2 aromatic heterocycles. The normalized spacial score (nSPS) is 14.2. The number of anilines is 3. The largest absolute Gasteiger partial charge is 0.368 e. The van der Waals surface area contributed by atoms with Crippen molar-refractivity contribution in [3.8, 4) is 0 Å². The Labute approximate surface area is 196 Å². The molecule has 3 heterocycles. The molecule has 0 saturated carbocycles. The predicted octanol–water partition coefficient (Wildman–Crippen LogP) is 4.34. The standard InChI is InChI=1S/C21H19FN6OS3/c22-14-5-7-15(8-6-14)27-9-11-28(12-10-27)20-25-26-21(32-20)30-13-18(29)24-19-23-16-3-1-2-4-17(16)31-19/h1-8H,9-13H2,(H,23,24,29). The zero-order valence-corrected chi connectivity index (χ0v) is 19.4. The van der Waals surface area contributed by atoms with Crippen LogP contribution in [-0.2, 0) is 4.79 Å². The number of thioether (sulfide) groups is 1. The van der Waals surface area contributed by atoms with E-state index in [1.807, 2.05) is 36.4 Å². The molecule has 1 aliphatic rings. The molecule has 11 heteroatoms. The summed E-state index contributed by atoms with van der Waals surface area (Å²) in [4.78, 5) is 21.2. The van der Waals surface area contributed by atoms with Crippen LogP contribution < -0.4 is 15.1 Å². The Morgan fingerprint density at radius 3 is 2.53 bits per heavy atom. The van der Waals surface area contributed by atoms with Crippen LogP contribution in [0, 0.1) is 5.82 Å². The van der Waals surface area contributed by atoms with E-state index < -0.39 is 0 Å². The van der Waals surface area contributed by atoms with Crippen LogP contribution in [0.3, 0.4) is 0 Å². The van der Waals surface area contributed by atoms with Gasteiger partial charge in [0.15, 0.2) is 9.47 Å². The van der Waals surface area contributed by atoms with E-state index in [9.17, 15) is 9.18 Å². The lowest BCUT2D eigenvalue weighted by Gasteiger charge is -2.35. The molecule has 1 fully saturated rings. The molecule has 0 atom stereocenters. The smallest absolute Gasteiger partial charge is 0.236 e. The highest BCUT2D eigenvalue weighted by atomic mass is 32.2. The van der Waals surface area contributed by atoms with Gasteiger partial charge in [-0.25, -0.2) is 9.37 Å². The quantitative estimate of drug-likeness (QED) is 0.406. The number of nitrogens with one attached hydrogen (secondary N) is 1. The predicted molar refractivity (Wildman–Crippen MR) is 130 cm³/mol. The minimum Gasteiger partial charge on any atom is -0.368 e. The van der Waals surface area contributed by atoms with E-state index in [1.165, 1.54) is 46.6 Å². The minimum absolute atomic E-state index is 0.112. The summed E-state index contributed by atoms with van der Waals surface area (Å²) in [5.41, 5.74) is 1.91. The fraction of sp³-hybridized carbons (Fsp3) is 0.238. The molecule has 32 heavy (non-hydrogen) atoms. The maximum Gasteiger partial charge on any atom is 0.236 e. The van der Waals surface area contributed by atoms with Gasteiger partial charge in [-0.1, -0.05) is 46.6 Å². The summed E-state index contributed by atoms with van der Waals surface area (Å²) >= 11 is 4.33. The number of amides is 1. The summed E-state index contributed by atoms with van der Waals surface area (Å²) < 4.78 is 14.9. The summed E-state index contributed by atoms with van der Waals surface area (Å²) in [6, 6.07) is 14.4. The van der Waals surface area contributed by atoms with E-state index in [-0.39, 0.29) is 17.5 Å². The first kappa shape index (κ1) is 21.1. The summed E-state index contributed by atoms with van der Waals surface area (Å²) in [5, 5.41) is 12.9. The van der Waals surface area contributed by atoms with Crippen molar-refractivity contribution < 1.29 is 9.18 Å². The Balaban J connectivity index is 1.11. The molecule has 0 radical (unpaired) electrons. The van der Waals surface area contributed by atoms with Gasteiger partial charge in [-0.3, -0.25) is 4.79 Å². The Bertz CT molecular complexity index is 1190. The zero-order valence-electron chi connectivity index (χ0n) is 16.9. The van der Waals surface area contributed by atoms with Crippen molar-refractivity contribution in [2.75, 3.05) is 47.0 Å². The SMILES string of the molecule is O=C(CSc1nnc(N2CCN(c3ccc(F)cc3)CC2)s1)Nc1nc2ccccc2s1. The number of piperazine rings is 1. The molecule has 0 spiro atoms. The Morgan fingerprint density at radius 2 is 1.75 bits per heavy atom. The van der Waals surface area contributed by atoms with Gasteiger partial charge in [0.25, 0.3) is 0 Å². The van der Waals surface area contributed by atoms with E-state index in [0.717, 1.165) is 51.6 Å². The van der Waals surface area contributed by atoms with Crippen LogP contribution >= 0.6 is 34.4 Å². The van der Waals surface area contributed by atoms with Gasteiger partial charge in [-0.05, 0) is 36.4 Å². The van der Waals surface area contributed by atoms with Crippen molar-refractivity contribution >= 4 is 66.5 Å². The molecule has 2 aromatic carbocycles. The number of thiazole rings is 1. The highest BCUT2D eigenvalue weighted by molar-refractivity contribution is 8.01. The van der Waals surface area contributed by atoms with Gasteiger partial charge in [0.05, 0.1) is 16.0 Å². The van der Waals surface area contributed by atoms with E-state index >= 15 is 0 Å². The van der Waals surface area contributed by atoms with Gasteiger partial charge in [-0.2, -0.15) is 0 Å². The van der Waals surface area contributed by atoms with Crippen molar-refractivity contribution in [1.29, 1.82) is 0 Å². The molecule has 1 amide bonds. The van der Waals surface area contributed by atoms with Gasteiger partial charge < -0.3 is 15.1 Å². The van der Waals surface area contributed by atoms with Crippen LogP contribution in [0.2, 0.25) is 0 Å². The van der Waals surface area contributed by atoms with Gasteiger partial charge >= 0.3 is 0 Å². The monoisotopic (exact) mass is 486 g/mol. The average Bonchev–Trinajstić information content (AvgIpc) is 3.45. The number of hydrogen-bond donors (Lipinski definition) is 1. The third-order valence-electron chi connectivity index (χ3n) is 5.00. The van der Waals surface area contributed by atoms with Crippen molar-refractivity contribution in [3.05, 3.63) is 54.3 Å². The summed E-state index contributed by atoms with van der Waals surface area (Å²) in [6.45, 7) is 3.29. The molecule has 1 N–H and O–H groups in total. The number of aromatic nitrogens is 3. The Hall–Kier alpha value is -2.76. The number of nitrogens with zero attached hydrogens (tertiary/aromatic N) is 5. The minimum atomic E-state index is -0.222. The average molecular weight is 487 g/mol. The highest BCUT2D eigenvalue weighted by Crippen LogP contribution is 2.30. The number of carbonyl (C=O) groups excluding carboxylic acids is 1. The maximum atomic E-state index is 13.1. The number of hydrogen-bond acceptors (Lipinski definition) is 9. The third-order valence-corrected chi connectivity index (χ3v) is 8.07. The first-order valence-corrected chi connectivity index (χ1v) is 12.6. The second-order valence-electron chi connectivity index (χ2n) is 7.12. The first-order valence-electron chi connectivity index (χ1n) is 10.0. The summed E-state index contributed by atoms with van der Waals surface area (Å²) in [7, 11) is 0. The van der Waals surface area contributed by atoms with Crippen LogP contribution in [0.25, 0.3) is 10.2 Å². The van der Waals surface area contributed by atoms with Gasteiger partial charge in [0.2, 0.25) is 11.0 Å². The number of fused-ring (bicyclic) bond motifs is 1. The number of benzene rings is 2. The van der Waals surface area contributed by atoms with Crippen LogP contribution in [0.4, 0.5) is 20.3 Å². The highest BCUT2D eigenvalue weighted by Gasteiger charge is 2.21. The van der Waals surface area contributed by atoms with Crippen molar-refractivity contribution in [2.24, 2.45) is 0 Å². The van der Waals surface area contributed by atoms with Crippen molar-refractivity contribution in [1.82, 2.24) is 15.2 Å². The fourth-order valence-electron chi connectivity index (χ4n) is 3.40. The van der Waals surface area contributed by atoms with Gasteiger partial charge in [-0.15, -0.1) is 10.2 Å². The van der Waals surface area contributed by atoms with Gasteiger partial charge in [0, 0.05) is 31.9 Å². The van der Waals surface area contributed by atoms with Crippen molar-refractivity contribution in [3.63, 3.8) is 0 Å². The second kappa shape index (κ2) is 9.39. The summed E-state index contributed by atoms with van der Waals surface area (Å²) in [6.07, 6.45) is 0. The molecule has 1 aliphatic heterocycles. The van der Waals surface area contributed by atoms with E-state index in [2.05, 4.69) is 30.3 Å². The van der Waals surface area contributed by atoms with Gasteiger partial charge in [0.1, 0.15) is 5.82 Å². The lowest BCUT2D eigenvalue weighted by Crippen LogP contribution is -2.46. The first-order chi connectivity index (χ1) is 15.6. The molecule has 4 aromatic rings. The number of halogens is 1. The third kappa shape index (κ3) is 4.84. The maximum absolute atomic E-state index is 13.1. The molecular formula is C21H19FN6OS3. The van der Waals surface area contributed by atoms with Crippen molar-refractivity contribution in [2.45, 2.75) is 4.34 Å². The Kier molecular flexibility index (Phi) is 6.19. The number of carbonyl (C=O) groups is 1. The number of para-hydroxylation sites is 1. The molecular weight excluding hydrogens is 467 g/mol. The van der Waals surface area contributed by atoms with Crippen LogP contribution in [-0.4, -0.2) is 53.0 Å². The molecule has 0 unspecified atom stereocenters. The van der Waals surface area contributed by atoms with E-state index in [4.69, 9.17) is 0 Å². The molecule has 0 aliphatic carbocycles. The van der Waals surface area contributed by atoms with E-state index in [1.54, 1.807) is 0 Å².